The highest BCUT2D eigenvalue weighted by Crippen LogP contribution is 2.29. The Labute approximate surface area is 263 Å². The van der Waals surface area contributed by atoms with Crippen LogP contribution in [-0.4, -0.2) is 66.2 Å². The van der Waals surface area contributed by atoms with Crippen molar-refractivity contribution >= 4 is 28.6 Å². The molecule has 0 unspecified atom stereocenters. The molecule has 0 saturated carbocycles. The second-order valence-electron chi connectivity index (χ2n) is 12.0. The van der Waals surface area contributed by atoms with E-state index in [1.165, 1.54) is 0 Å². The van der Waals surface area contributed by atoms with Gasteiger partial charge < -0.3 is 25.2 Å². The standard InChI is InChI=1S/C34H43N7O4/c1-6-21(2)31-33(44)36-27(19-24-11-8-7-9-12-24)32-35-23(4)38-41(32)18-17-40(16-10-13-29(43)37-31)34(45)30-22(3)39(5)28-15-14-25(42)20-26(28)30/h7-9,11-12,14-15,20-21,27,31,42H,6,10,13,16-19H2,1-5H3,(H,36,44)(H,37,43)/t21-,27-,31-/m0/s1. The number of aromatic nitrogens is 4. The van der Waals surface area contributed by atoms with E-state index >= 15 is 0 Å². The Hall–Kier alpha value is -4.67. The van der Waals surface area contributed by atoms with Crippen molar-refractivity contribution in [1.29, 1.82) is 0 Å². The summed E-state index contributed by atoms with van der Waals surface area (Å²) in [5.74, 6) is 0.481. The highest BCUT2D eigenvalue weighted by Gasteiger charge is 2.31. The number of benzene rings is 2. The summed E-state index contributed by atoms with van der Waals surface area (Å²) in [4.78, 5) is 47.7. The number of carbonyl (C=O) groups is 3. The molecular formula is C34H43N7O4. The number of amides is 3. The molecule has 1 aliphatic rings. The summed E-state index contributed by atoms with van der Waals surface area (Å²) in [5.41, 5.74) is 3.18. The van der Waals surface area contributed by atoms with E-state index in [4.69, 9.17) is 4.98 Å². The Bertz CT molecular complexity index is 1690. The number of carbonyl (C=O) groups excluding carboxylic acids is 3. The fraction of sp³-hybridized carbons (Fsp3) is 0.441. The van der Waals surface area contributed by atoms with E-state index in [2.05, 4.69) is 15.7 Å². The van der Waals surface area contributed by atoms with Gasteiger partial charge in [0.05, 0.1) is 18.2 Å². The molecule has 0 radical (unpaired) electrons. The second-order valence-corrected chi connectivity index (χ2v) is 12.0. The van der Waals surface area contributed by atoms with Crippen LogP contribution in [0.15, 0.2) is 48.5 Å². The average Bonchev–Trinajstić information content (AvgIpc) is 3.51. The quantitative estimate of drug-likeness (QED) is 0.312. The van der Waals surface area contributed by atoms with Gasteiger partial charge in [0.15, 0.2) is 0 Å². The first-order valence-electron chi connectivity index (χ1n) is 15.7. The Morgan fingerprint density at radius 1 is 1.07 bits per heavy atom. The molecule has 11 heteroatoms. The molecule has 3 atom stereocenters. The smallest absolute Gasteiger partial charge is 0.256 e. The van der Waals surface area contributed by atoms with Gasteiger partial charge in [-0.1, -0.05) is 50.6 Å². The lowest BCUT2D eigenvalue weighted by Crippen LogP contribution is -2.51. The van der Waals surface area contributed by atoms with Crippen LogP contribution in [0.3, 0.4) is 0 Å². The highest BCUT2D eigenvalue weighted by atomic mass is 16.3. The van der Waals surface area contributed by atoms with E-state index in [-0.39, 0.29) is 35.8 Å². The monoisotopic (exact) mass is 613 g/mol. The van der Waals surface area contributed by atoms with Crippen molar-refractivity contribution in [3.8, 4) is 5.75 Å². The van der Waals surface area contributed by atoms with Gasteiger partial charge >= 0.3 is 0 Å². The van der Waals surface area contributed by atoms with Crippen LogP contribution >= 0.6 is 0 Å². The summed E-state index contributed by atoms with van der Waals surface area (Å²) in [5, 5.41) is 21.8. The zero-order chi connectivity index (χ0) is 32.2. The van der Waals surface area contributed by atoms with Gasteiger partial charge in [-0.05, 0) is 56.4 Å². The summed E-state index contributed by atoms with van der Waals surface area (Å²) in [6.45, 7) is 8.65. The summed E-state index contributed by atoms with van der Waals surface area (Å²) in [6, 6.07) is 13.7. The normalized spacial score (nSPS) is 19.0. The third-order valence-corrected chi connectivity index (χ3v) is 8.92. The van der Waals surface area contributed by atoms with Crippen molar-refractivity contribution in [2.75, 3.05) is 13.1 Å². The van der Waals surface area contributed by atoms with Crippen LogP contribution in [0.2, 0.25) is 0 Å². The van der Waals surface area contributed by atoms with Gasteiger partial charge in [0.1, 0.15) is 23.4 Å². The van der Waals surface area contributed by atoms with Crippen molar-refractivity contribution in [1.82, 2.24) is 34.9 Å². The van der Waals surface area contributed by atoms with E-state index in [0.29, 0.717) is 61.5 Å². The molecule has 238 valence electrons. The van der Waals surface area contributed by atoms with Gasteiger partial charge in [0.25, 0.3) is 5.91 Å². The van der Waals surface area contributed by atoms with Crippen LogP contribution in [0.1, 0.15) is 72.4 Å². The van der Waals surface area contributed by atoms with Crippen LogP contribution in [0, 0.1) is 19.8 Å². The van der Waals surface area contributed by atoms with Gasteiger partial charge in [-0.15, -0.1) is 0 Å². The SMILES string of the molecule is CC[C@H](C)[C@@H]1NC(=O)CCCN(C(=O)c2c(C)n(C)c3ccc(O)cc23)CCn2nc(C)nc2[C@H](Cc2ccccc2)NC1=O. The van der Waals surface area contributed by atoms with Crippen LogP contribution in [0.25, 0.3) is 10.9 Å². The van der Waals surface area contributed by atoms with Crippen LogP contribution in [0.5, 0.6) is 5.75 Å². The van der Waals surface area contributed by atoms with Crippen molar-refractivity contribution in [2.45, 2.75) is 72.0 Å². The fourth-order valence-electron chi connectivity index (χ4n) is 6.11. The zero-order valence-corrected chi connectivity index (χ0v) is 26.7. The van der Waals surface area contributed by atoms with Crippen molar-refractivity contribution < 1.29 is 19.5 Å². The van der Waals surface area contributed by atoms with Crippen LogP contribution in [0.4, 0.5) is 0 Å². The number of phenols is 1. The molecular weight excluding hydrogens is 570 g/mol. The topological polar surface area (TPSA) is 134 Å². The molecule has 3 N–H and O–H groups in total. The summed E-state index contributed by atoms with van der Waals surface area (Å²) >= 11 is 0. The molecule has 3 amide bonds. The summed E-state index contributed by atoms with van der Waals surface area (Å²) < 4.78 is 3.73. The number of aryl methyl sites for hydroxylation is 2. The van der Waals surface area contributed by atoms with E-state index in [0.717, 1.165) is 16.8 Å². The molecule has 11 nitrogen and oxygen atoms in total. The molecule has 5 rings (SSSR count). The predicted octanol–water partition coefficient (Wildman–Crippen LogP) is 3.96. The zero-order valence-electron chi connectivity index (χ0n) is 26.7. The fourth-order valence-corrected chi connectivity index (χ4v) is 6.11. The molecule has 3 heterocycles. The molecule has 1 aliphatic heterocycles. The number of hydrogen-bond acceptors (Lipinski definition) is 6. The maximum absolute atomic E-state index is 14.3. The molecule has 0 saturated heterocycles. The molecule has 0 fully saturated rings. The molecule has 4 aromatic rings. The summed E-state index contributed by atoms with van der Waals surface area (Å²) in [6.07, 6.45) is 1.77. The first kappa shape index (κ1) is 31.7. The lowest BCUT2D eigenvalue weighted by Gasteiger charge is -2.28. The average molecular weight is 614 g/mol. The molecule has 0 bridgehead atoms. The van der Waals surface area contributed by atoms with Gasteiger partial charge in [0, 0.05) is 43.2 Å². The van der Waals surface area contributed by atoms with Crippen LogP contribution < -0.4 is 10.6 Å². The minimum Gasteiger partial charge on any atom is -0.508 e. The lowest BCUT2D eigenvalue weighted by molar-refractivity contribution is -0.130. The van der Waals surface area contributed by atoms with Gasteiger partial charge in [-0.2, -0.15) is 5.10 Å². The Kier molecular flexibility index (Phi) is 9.55. The van der Waals surface area contributed by atoms with Gasteiger partial charge in [-0.3, -0.25) is 14.4 Å². The Morgan fingerprint density at radius 2 is 1.82 bits per heavy atom. The number of fused-ring (bicyclic) bond motifs is 2. The Balaban J connectivity index is 1.54. The number of nitrogens with one attached hydrogen (secondary N) is 2. The lowest BCUT2D eigenvalue weighted by atomic mass is 9.97. The number of phenolic OH excluding ortho intramolecular Hbond substituents is 1. The molecule has 0 spiro atoms. The molecule has 45 heavy (non-hydrogen) atoms. The molecule has 2 aromatic heterocycles. The van der Waals surface area contributed by atoms with E-state index < -0.39 is 12.1 Å². The largest absolute Gasteiger partial charge is 0.508 e. The first-order chi connectivity index (χ1) is 21.6. The van der Waals surface area contributed by atoms with Crippen molar-refractivity contribution in [2.24, 2.45) is 13.0 Å². The van der Waals surface area contributed by atoms with E-state index in [9.17, 15) is 19.5 Å². The number of rotatable bonds is 5. The molecule has 0 aliphatic carbocycles. The minimum atomic E-state index is -0.718. The number of hydrogen-bond donors (Lipinski definition) is 3. The van der Waals surface area contributed by atoms with Gasteiger partial charge in [0.2, 0.25) is 11.8 Å². The third kappa shape index (κ3) is 6.87. The number of aromatic hydroxyl groups is 1. The maximum Gasteiger partial charge on any atom is 0.256 e. The minimum absolute atomic E-state index is 0.0879. The highest BCUT2D eigenvalue weighted by molar-refractivity contribution is 6.08. The van der Waals surface area contributed by atoms with Crippen molar-refractivity contribution in [3.63, 3.8) is 0 Å². The third-order valence-electron chi connectivity index (χ3n) is 8.92. The first-order valence-corrected chi connectivity index (χ1v) is 15.7. The second kappa shape index (κ2) is 13.5. The van der Waals surface area contributed by atoms with E-state index in [1.54, 1.807) is 27.8 Å². The Morgan fingerprint density at radius 3 is 2.56 bits per heavy atom. The number of nitrogens with zero attached hydrogens (tertiary/aromatic N) is 5. The van der Waals surface area contributed by atoms with E-state index in [1.807, 2.05) is 69.6 Å². The van der Waals surface area contributed by atoms with Crippen LogP contribution in [-0.2, 0) is 29.6 Å². The van der Waals surface area contributed by atoms with Crippen molar-refractivity contribution in [3.05, 3.63) is 77.0 Å². The predicted molar refractivity (Wildman–Crippen MR) is 172 cm³/mol. The molecule has 2 aromatic carbocycles. The summed E-state index contributed by atoms with van der Waals surface area (Å²) in [7, 11) is 1.90. The maximum atomic E-state index is 14.3. The van der Waals surface area contributed by atoms with Gasteiger partial charge in [-0.25, -0.2) is 9.67 Å².